The van der Waals surface area contributed by atoms with Gasteiger partial charge >= 0.3 is 0 Å². The molecule has 2 heterocycles. The highest BCUT2D eigenvalue weighted by Gasteiger charge is 2.06. The fraction of sp³-hybridized carbons (Fsp3) is 0.143. The van der Waals surface area contributed by atoms with E-state index in [9.17, 15) is 4.39 Å². The van der Waals surface area contributed by atoms with E-state index in [-0.39, 0.29) is 5.65 Å². The Labute approximate surface area is 72.8 Å². The van der Waals surface area contributed by atoms with Gasteiger partial charge < -0.3 is 0 Å². The summed E-state index contributed by atoms with van der Waals surface area (Å²) < 4.78 is 14.6. The molecule has 0 saturated heterocycles. The van der Waals surface area contributed by atoms with Gasteiger partial charge in [0.25, 0.3) is 0 Å². The summed E-state index contributed by atoms with van der Waals surface area (Å²) in [5, 5.41) is 7.69. The fourth-order valence-electron chi connectivity index (χ4n) is 1.03. The smallest absolute Gasteiger partial charge is 0.196 e. The van der Waals surface area contributed by atoms with Crippen LogP contribution in [0.15, 0.2) is 12.3 Å². The minimum atomic E-state index is -0.455. The first-order valence-corrected chi connectivity index (χ1v) is 3.72. The Morgan fingerprint density at radius 2 is 2.25 bits per heavy atom. The third-order valence-corrected chi connectivity index (χ3v) is 1.80. The molecular weight excluding hydrogens is 181 g/mol. The highest BCUT2D eigenvalue weighted by atomic mass is 35.5. The van der Waals surface area contributed by atoms with E-state index < -0.39 is 5.82 Å². The lowest BCUT2D eigenvalue weighted by molar-refractivity contribution is 0.629. The van der Waals surface area contributed by atoms with Gasteiger partial charge in [0.2, 0.25) is 0 Å². The Bertz CT molecular complexity index is 437. The maximum Gasteiger partial charge on any atom is 0.196 e. The van der Waals surface area contributed by atoms with E-state index in [1.54, 1.807) is 13.1 Å². The van der Waals surface area contributed by atoms with Crippen LogP contribution in [0.25, 0.3) is 5.65 Å². The zero-order valence-corrected chi connectivity index (χ0v) is 7.01. The lowest BCUT2D eigenvalue weighted by Gasteiger charge is -1.95. The molecule has 0 spiro atoms. The van der Waals surface area contributed by atoms with E-state index in [2.05, 4.69) is 10.2 Å². The van der Waals surface area contributed by atoms with Crippen molar-refractivity contribution in [2.45, 2.75) is 6.92 Å². The van der Waals surface area contributed by atoms with Crippen LogP contribution in [0, 0.1) is 12.7 Å². The van der Waals surface area contributed by atoms with E-state index >= 15 is 0 Å². The molecule has 0 saturated carbocycles. The van der Waals surface area contributed by atoms with Crippen molar-refractivity contribution in [3.8, 4) is 0 Å². The molecule has 0 aliphatic rings. The average molecular weight is 186 g/mol. The van der Waals surface area contributed by atoms with Crippen LogP contribution in [-0.2, 0) is 0 Å². The van der Waals surface area contributed by atoms with Crippen molar-refractivity contribution in [2.24, 2.45) is 0 Å². The van der Waals surface area contributed by atoms with E-state index in [4.69, 9.17) is 11.6 Å². The molecule has 0 fully saturated rings. The zero-order valence-electron chi connectivity index (χ0n) is 6.25. The predicted octanol–water partition coefficient (Wildman–Crippen LogP) is 1.83. The molecule has 0 amide bonds. The maximum absolute atomic E-state index is 13.1. The number of pyridine rings is 1. The number of hydrogen-bond donors (Lipinski definition) is 0. The Hall–Kier alpha value is -1.16. The number of rotatable bonds is 0. The van der Waals surface area contributed by atoms with Gasteiger partial charge in [-0.1, -0.05) is 11.6 Å². The van der Waals surface area contributed by atoms with Crippen molar-refractivity contribution in [3.63, 3.8) is 0 Å². The third kappa shape index (κ3) is 0.956. The second kappa shape index (κ2) is 2.42. The molecule has 0 aliphatic carbocycles. The zero-order chi connectivity index (χ0) is 8.72. The monoisotopic (exact) mass is 185 g/mol. The molecule has 0 aliphatic heterocycles. The predicted molar refractivity (Wildman–Crippen MR) is 42.7 cm³/mol. The summed E-state index contributed by atoms with van der Waals surface area (Å²) in [5.41, 5.74) is 0.205. The fourth-order valence-corrected chi connectivity index (χ4v) is 1.23. The molecule has 5 heteroatoms. The van der Waals surface area contributed by atoms with Crippen LogP contribution >= 0.6 is 11.6 Å². The molecule has 0 radical (unpaired) electrons. The number of aromatic nitrogens is 3. The number of aryl methyl sites for hydroxylation is 1. The van der Waals surface area contributed by atoms with Crippen LogP contribution < -0.4 is 0 Å². The Kier molecular flexibility index (Phi) is 1.51. The van der Waals surface area contributed by atoms with Crippen molar-refractivity contribution in [1.29, 1.82) is 0 Å². The highest BCUT2D eigenvalue weighted by molar-refractivity contribution is 6.30. The molecule has 0 bridgehead atoms. The molecule has 2 rings (SSSR count). The van der Waals surface area contributed by atoms with Crippen molar-refractivity contribution >= 4 is 17.2 Å². The molecule has 12 heavy (non-hydrogen) atoms. The molecule has 62 valence electrons. The molecule has 0 unspecified atom stereocenters. The normalized spacial score (nSPS) is 10.9. The first kappa shape index (κ1) is 7.49. The third-order valence-electron chi connectivity index (χ3n) is 1.60. The van der Waals surface area contributed by atoms with Crippen LogP contribution in [0.3, 0.4) is 0 Å². The summed E-state index contributed by atoms with van der Waals surface area (Å²) >= 11 is 5.64. The summed E-state index contributed by atoms with van der Waals surface area (Å²) in [5.74, 6) is 0.162. The Morgan fingerprint density at radius 3 is 3.00 bits per heavy atom. The second-order valence-corrected chi connectivity index (χ2v) is 2.88. The van der Waals surface area contributed by atoms with E-state index in [0.717, 1.165) is 0 Å². The molecule has 0 N–H and O–H groups in total. The van der Waals surface area contributed by atoms with Crippen molar-refractivity contribution in [1.82, 2.24) is 14.6 Å². The van der Waals surface area contributed by atoms with Gasteiger partial charge in [-0.3, -0.25) is 4.40 Å². The summed E-state index contributed by atoms with van der Waals surface area (Å²) in [4.78, 5) is 0. The summed E-state index contributed by atoms with van der Waals surface area (Å²) in [6.45, 7) is 1.73. The minimum absolute atomic E-state index is 0.205. The number of fused-ring (bicyclic) bond motifs is 1. The highest BCUT2D eigenvalue weighted by Crippen LogP contribution is 2.14. The lowest BCUT2D eigenvalue weighted by Crippen LogP contribution is -1.90. The molecule has 3 nitrogen and oxygen atoms in total. The van der Waals surface area contributed by atoms with Gasteiger partial charge in [-0.2, -0.15) is 0 Å². The lowest BCUT2D eigenvalue weighted by atomic mass is 10.4. The molecule has 2 aromatic rings. The molecule has 0 atom stereocenters. The van der Waals surface area contributed by atoms with Crippen LogP contribution in [-0.4, -0.2) is 14.6 Å². The van der Waals surface area contributed by atoms with E-state index in [1.807, 2.05) is 0 Å². The molecular formula is C7H5ClFN3. The standard InChI is InChI=1S/C7H5ClFN3/c1-4-10-11-7-6(9)2-5(8)3-12(4)7/h2-3H,1H3. The molecule has 0 aromatic carbocycles. The van der Waals surface area contributed by atoms with Gasteiger partial charge in [0.05, 0.1) is 5.02 Å². The van der Waals surface area contributed by atoms with E-state index in [0.29, 0.717) is 10.8 Å². The van der Waals surface area contributed by atoms with Gasteiger partial charge in [0, 0.05) is 6.20 Å². The van der Waals surface area contributed by atoms with Gasteiger partial charge in [0.1, 0.15) is 5.82 Å². The van der Waals surface area contributed by atoms with Crippen LogP contribution in [0.5, 0.6) is 0 Å². The maximum atomic E-state index is 13.1. The number of halogens is 2. The Balaban J connectivity index is 2.92. The topological polar surface area (TPSA) is 30.2 Å². The second-order valence-electron chi connectivity index (χ2n) is 2.45. The largest absolute Gasteiger partial charge is 0.283 e. The number of hydrogen-bond acceptors (Lipinski definition) is 2. The van der Waals surface area contributed by atoms with Crippen molar-refractivity contribution in [2.75, 3.05) is 0 Å². The van der Waals surface area contributed by atoms with Gasteiger partial charge in [0.15, 0.2) is 11.5 Å². The first-order valence-electron chi connectivity index (χ1n) is 3.35. The van der Waals surface area contributed by atoms with Gasteiger partial charge in [-0.05, 0) is 13.0 Å². The quantitative estimate of drug-likeness (QED) is 0.627. The first-order chi connectivity index (χ1) is 5.68. The van der Waals surface area contributed by atoms with E-state index in [1.165, 1.54) is 10.5 Å². The van der Waals surface area contributed by atoms with Crippen molar-refractivity contribution < 1.29 is 4.39 Å². The molecule has 2 aromatic heterocycles. The summed E-state index contributed by atoms with van der Waals surface area (Å²) in [6.07, 6.45) is 1.58. The van der Waals surface area contributed by atoms with Crippen molar-refractivity contribution in [3.05, 3.63) is 28.9 Å². The SMILES string of the molecule is Cc1nnc2c(F)cc(Cl)cn12. The summed E-state index contributed by atoms with van der Waals surface area (Å²) in [6, 6.07) is 1.21. The average Bonchev–Trinajstić information content (AvgIpc) is 2.33. The van der Waals surface area contributed by atoms with Gasteiger partial charge in [-0.25, -0.2) is 4.39 Å². The van der Waals surface area contributed by atoms with Crippen LogP contribution in [0.4, 0.5) is 4.39 Å². The van der Waals surface area contributed by atoms with Gasteiger partial charge in [-0.15, -0.1) is 10.2 Å². The number of nitrogens with zero attached hydrogens (tertiary/aromatic N) is 3. The summed E-state index contributed by atoms with van der Waals surface area (Å²) in [7, 11) is 0. The van der Waals surface area contributed by atoms with Crippen LogP contribution in [0.2, 0.25) is 5.02 Å². The van der Waals surface area contributed by atoms with Crippen LogP contribution in [0.1, 0.15) is 5.82 Å². The minimum Gasteiger partial charge on any atom is -0.283 e. The Morgan fingerprint density at radius 1 is 1.50 bits per heavy atom.